The number of aliphatic hydroxyl groups is 2. The van der Waals surface area contributed by atoms with Crippen molar-refractivity contribution in [1.82, 2.24) is 0 Å². The van der Waals surface area contributed by atoms with Gasteiger partial charge in [0.15, 0.2) is 0 Å². The van der Waals surface area contributed by atoms with Crippen molar-refractivity contribution in [1.29, 1.82) is 0 Å². The van der Waals surface area contributed by atoms with Gasteiger partial charge in [0.25, 0.3) is 0 Å². The van der Waals surface area contributed by atoms with Crippen LogP contribution in [0.2, 0.25) is 0 Å². The number of rotatable bonds is 2. The van der Waals surface area contributed by atoms with Crippen molar-refractivity contribution < 1.29 is 24.5 Å². The number of carbonyl (C=O) groups excluding carboxylic acids is 1. The number of carbonyl (C=O) groups is 1. The molecule has 0 radical (unpaired) electrons. The van der Waals surface area contributed by atoms with Gasteiger partial charge in [0.1, 0.15) is 24.4 Å². The second-order valence-corrected chi connectivity index (χ2v) is 3.34. The van der Waals surface area contributed by atoms with Crippen LogP contribution in [0.15, 0.2) is 0 Å². The minimum absolute atomic E-state index is 0.536. The summed E-state index contributed by atoms with van der Waals surface area (Å²) in [4.78, 5) is 11.0. The Morgan fingerprint density at radius 2 is 2.07 bits per heavy atom. The molecule has 0 aliphatic carbocycles. The molecule has 0 aromatic rings. The number of methoxy groups -OCH3 is 1. The molecule has 4 N–H and O–H groups in total. The van der Waals surface area contributed by atoms with E-state index in [4.69, 9.17) is 10.5 Å². The van der Waals surface area contributed by atoms with Crippen LogP contribution in [0.1, 0.15) is 6.92 Å². The summed E-state index contributed by atoms with van der Waals surface area (Å²) in [6, 6.07) is -1.07. The lowest BCUT2D eigenvalue weighted by Gasteiger charge is -2.19. The van der Waals surface area contributed by atoms with Gasteiger partial charge in [-0.1, -0.05) is 0 Å². The molecule has 6 nitrogen and oxygen atoms in total. The first-order valence-electron chi connectivity index (χ1n) is 4.34. The van der Waals surface area contributed by atoms with Crippen molar-refractivity contribution in [3.05, 3.63) is 0 Å². The van der Waals surface area contributed by atoms with Crippen LogP contribution in [0.4, 0.5) is 0 Å². The molecule has 1 fully saturated rings. The van der Waals surface area contributed by atoms with E-state index in [9.17, 15) is 15.0 Å². The summed E-state index contributed by atoms with van der Waals surface area (Å²) in [5.74, 6) is -0.671. The van der Waals surface area contributed by atoms with Crippen LogP contribution in [-0.4, -0.2) is 53.7 Å². The number of ether oxygens (including phenoxy) is 2. The maximum Gasteiger partial charge on any atom is 0.325 e. The first kappa shape index (κ1) is 11.4. The zero-order valence-electron chi connectivity index (χ0n) is 8.08. The monoisotopic (exact) mass is 205 g/mol. The van der Waals surface area contributed by atoms with Crippen LogP contribution < -0.4 is 5.73 Å². The molecule has 1 aliphatic heterocycles. The molecule has 1 rings (SSSR count). The zero-order valence-corrected chi connectivity index (χ0v) is 8.08. The highest BCUT2D eigenvalue weighted by molar-refractivity contribution is 5.76. The van der Waals surface area contributed by atoms with Crippen molar-refractivity contribution >= 4 is 5.97 Å². The second kappa shape index (κ2) is 4.22. The summed E-state index contributed by atoms with van der Waals surface area (Å²) in [6.45, 7) is 1.60. The summed E-state index contributed by atoms with van der Waals surface area (Å²) in [7, 11) is 1.20. The molecule has 0 spiro atoms. The number of hydrogen-bond acceptors (Lipinski definition) is 6. The lowest BCUT2D eigenvalue weighted by Crippen LogP contribution is -2.48. The average Bonchev–Trinajstić information content (AvgIpc) is 2.43. The molecular formula is C8H15NO5. The highest BCUT2D eigenvalue weighted by Crippen LogP contribution is 2.22. The van der Waals surface area contributed by atoms with E-state index in [2.05, 4.69) is 4.74 Å². The summed E-state index contributed by atoms with van der Waals surface area (Å²) >= 11 is 0. The number of nitrogens with two attached hydrogens (primary N) is 1. The van der Waals surface area contributed by atoms with Gasteiger partial charge in [-0.2, -0.15) is 0 Å². The highest BCUT2D eigenvalue weighted by Gasteiger charge is 2.45. The molecule has 1 heterocycles. The first-order valence-corrected chi connectivity index (χ1v) is 4.34. The van der Waals surface area contributed by atoms with E-state index >= 15 is 0 Å². The van der Waals surface area contributed by atoms with E-state index < -0.39 is 36.4 Å². The van der Waals surface area contributed by atoms with Crippen LogP contribution in [0, 0.1) is 0 Å². The Balaban J connectivity index is 2.66. The fourth-order valence-corrected chi connectivity index (χ4v) is 1.45. The van der Waals surface area contributed by atoms with Crippen molar-refractivity contribution in [3.8, 4) is 0 Å². The van der Waals surface area contributed by atoms with E-state index in [1.807, 2.05) is 0 Å². The predicted octanol–water partition coefficient (Wildman–Crippen LogP) is -2.00. The second-order valence-electron chi connectivity index (χ2n) is 3.34. The molecule has 1 saturated heterocycles. The van der Waals surface area contributed by atoms with E-state index in [0.717, 1.165) is 0 Å². The largest absolute Gasteiger partial charge is 0.468 e. The maximum absolute atomic E-state index is 11.0. The topological polar surface area (TPSA) is 102 Å². The molecule has 0 saturated carbocycles. The fraction of sp³-hybridized carbons (Fsp3) is 0.875. The van der Waals surface area contributed by atoms with Crippen LogP contribution >= 0.6 is 0 Å². The Hall–Kier alpha value is -0.690. The fourth-order valence-electron chi connectivity index (χ4n) is 1.45. The van der Waals surface area contributed by atoms with E-state index in [1.165, 1.54) is 7.11 Å². The van der Waals surface area contributed by atoms with Gasteiger partial charge in [0.2, 0.25) is 0 Å². The van der Waals surface area contributed by atoms with Gasteiger partial charge in [0.05, 0.1) is 13.2 Å². The van der Waals surface area contributed by atoms with Crippen molar-refractivity contribution in [2.75, 3.05) is 7.11 Å². The minimum Gasteiger partial charge on any atom is -0.468 e. The standard InChI is InChI=1S/C8H15NO5/c1-3-5(10)6(11)7(14-3)4(9)8(12)13-2/h3-7,10-11H,9H2,1-2H3/t3-,4?,5?,6+,7+/m0/s1. The summed E-state index contributed by atoms with van der Waals surface area (Å²) < 4.78 is 9.55. The molecule has 0 amide bonds. The van der Waals surface area contributed by atoms with Gasteiger partial charge in [0, 0.05) is 0 Å². The Kier molecular flexibility index (Phi) is 3.43. The summed E-state index contributed by atoms with van der Waals surface area (Å²) in [6.07, 6.45) is -3.62. The Morgan fingerprint density at radius 3 is 2.43 bits per heavy atom. The molecule has 1 aliphatic rings. The Morgan fingerprint density at radius 1 is 1.50 bits per heavy atom. The van der Waals surface area contributed by atoms with Crippen molar-refractivity contribution in [2.24, 2.45) is 5.73 Å². The van der Waals surface area contributed by atoms with Gasteiger partial charge in [-0.05, 0) is 6.92 Å². The van der Waals surface area contributed by atoms with E-state index in [1.54, 1.807) is 6.92 Å². The first-order chi connectivity index (χ1) is 6.49. The molecule has 82 valence electrons. The van der Waals surface area contributed by atoms with Gasteiger partial charge < -0.3 is 25.4 Å². The number of hydrogen-bond donors (Lipinski definition) is 3. The average molecular weight is 205 g/mol. The lowest BCUT2D eigenvalue weighted by molar-refractivity contribution is -0.147. The van der Waals surface area contributed by atoms with Gasteiger partial charge in [-0.25, -0.2) is 0 Å². The molecule has 5 atom stereocenters. The van der Waals surface area contributed by atoms with Gasteiger partial charge >= 0.3 is 5.97 Å². The Labute approximate surface area is 81.6 Å². The summed E-state index contributed by atoms with van der Waals surface area (Å²) in [5, 5.41) is 18.8. The molecule has 0 bridgehead atoms. The third-order valence-electron chi connectivity index (χ3n) is 2.37. The zero-order chi connectivity index (χ0) is 10.9. The number of esters is 1. The minimum atomic E-state index is -1.15. The highest BCUT2D eigenvalue weighted by atomic mass is 16.6. The normalized spacial score (nSPS) is 39.5. The molecule has 2 unspecified atom stereocenters. The van der Waals surface area contributed by atoms with E-state index in [0.29, 0.717) is 0 Å². The Bertz CT molecular complexity index is 222. The molecule has 6 heteroatoms. The van der Waals surface area contributed by atoms with Crippen molar-refractivity contribution in [3.63, 3.8) is 0 Å². The lowest BCUT2D eigenvalue weighted by atomic mass is 10.0. The maximum atomic E-state index is 11.0. The van der Waals surface area contributed by atoms with Crippen LogP contribution in [0.3, 0.4) is 0 Å². The molecule has 14 heavy (non-hydrogen) atoms. The number of aliphatic hydroxyl groups excluding tert-OH is 2. The SMILES string of the molecule is COC(=O)C(N)[C@H]1O[C@@H](C)C(O)[C@H]1O. The molecular weight excluding hydrogens is 190 g/mol. The van der Waals surface area contributed by atoms with Gasteiger partial charge in [-0.15, -0.1) is 0 Å². The smallest absolute Gasteiger partial charge is 0.325 e. The quantitative estimate of drug-likeness (QED) is 0.450. The third kappa shape index (κ3) is 1.88. The van der Waals surface area contributed by atoms with Crippen LogP contribution in [0.5, 0.6) is 0 Å². The summed E-state index contributed by atoms with van der Waals surface area (Å²) in [5.41, 5.74) is 5.48. The van der Waals surface area contributed by atoms with Crippen molar-refractivity contribution in [2.45, 2.75) is 37.4 Å². The molecule has 0 aromatic carbocycles. The van der Waals surface area contributed by atoms with Crippen LogP contribution in [0.25, 0.3) is 0 Å². The van der Waals surface area contributed by atoms with E-state index in [-0.39, 0.29) is 0 Å². The predicted molar refractivity (Wildman–Crippen MR) is 46.3 cm³/mol. The third-order valence-corrected chi connectivity index (χ3v) is 2.37. The van der Waals surface area contributed by atoms with Crippen LogP contribution in [-0.2, 0) is 14.3 Å². The van der Waals surface area contributed by atoms with Gasteiger partial charge in [-0.3, -0.25) is 4.79 Å². The molecule has 0 aromatic heterocycles.